The molecule has 0 aliphatic rings. The normalized spacial score (nSPS) is 13.1. The molecule has 0 spiro atoms. The van der Waals surface area contributed by atoms with Crippen molar-refractivity contribution < 1.29 is 13.2 Å². The molecule has 1 rings (SSSR count). The fourth-order valence-corrected chi connectivity index (χ4v) is 3.15. The molecule has 5 nitrogen and oxygen atoms in total. The van der Waals surface area contributed by atoms with Gasteiger partial charge in [0.2, 0.25) is 5.91 Å². The molecule has 100 valence electrons. The topological polar surface area (TPSA) is 80.5 Å². The van der Waals surface area contributed by atoms with Crippen molar-refractivity contribution in [3.8, 4) is 0 Å². The highest BCUT2D eigenvalue weighted by Crippen LogP contribution is 2.26. The van der Waals surface area contributed by atoms with E-state index >= 15 is 0 Å². The predicted molar refractivity (Wildman–Crippen MR) is 71.2 cm³/mol. The molecule has 1 unspecified atom stereocenters. The number of nitrogen functional groups attached to an aromatic ring is 1. The van der Waals surface area contributed by atoms with Gasteiger partial charge in [0, 0.05) is 19.1 Å². The van der Waals surface area contributed by atoms with E-state index in [-0.39, 0.29) is 10.6 Å². The van der Waals surface area contributed by atoms with Gasteiger partial charge in [-0.05, 0) is 25.1 Å². The number of sulfone groups is 1. The van der Waals surface area contributed by atoms with Crippen molar-refractivity contribution in [2.75, 3.05) is 19.8 Å². The highest BCUT2D eigenvalue weighted by molar-refractivity contribution is 7.93. The van der Waals surface area contributed by atoms with Crippen molar-refractivity contribution in [1.82, 2.24) is 4.90 Å². The summed E-state index contributed by atoms with van der Waals surface area (Å²) in [4.78, 5) is 12.9. The number of amides is 1. The maximum Gasteiger partial charge on any atom is 0.240 e. The third-order valence-corrected chi connectivity index (χ3v) is 4.88. The quantitative estimate of drug-likeness (QED) is 0.848. The molecule has 7 heteroatoms. The first kappa shape index (κ1) is 14.8. The molecule has 1 aromatic carbocycles. The number of rotatable bonds is 3. The van der Waals surface area contributed by atoms with Gasteiger partial charge in [-0.2, -0.15) is 0 Å². The van der Waals surface area contributed by atoms with Crippen LogP contribution in [-0.2, 0) is 14.6 Å². The Hall–Kier alpha value is -1.27. The minimum absolute atomic E-state index is 0.0425. The summed E-state index contributed by atoms with van der Waals surface area (Å²) >= 11 is 5.71. The lowest BCUT2D eigenvalue weighted by atomic mass is 10.3. The number of carbonyl (C=O) groups excluding carboxylic acids is 1. The molecule has 18 heavy (non-hydrogen) atoms. The highest BCUT2D eigenvalue weighted by Gasteiger charge is 2.32. The Morgan fingerprint density at radius 3 is 2.39 bits per heavy atom. The summed E-state index contributed by atoms with van der Waals surface area (Å²) in [6.07, 6.45) is 0. The van der Waals surface area contributed by atoms with Crippen molar-refractivity contribution in [3.63, 3.8) is 0 Å². The summed E-state index contributed by atoms with van der Waals surface area (Å²) in [5.74, 6) is -0.496. The van der Waals surface area contributed by atoms with Gasteiger partial charge in [-0.1, -0.05) is 11.6 Å². The van der Waals surface area contributed by atoms with Crippen LogP contribution in [0.2, 0.25) is 5.02 Å². The van der Waals surface area contributed by atoms with Crippen LogP contribution in [0, 0.1) is 0 Å². The van der Waals surface area contributed by atoms with E-state index in [4.69, 9.17) is 17.3 Å². The Bertz CT molecular complexity index is 570. The number of benzene rings is 1. The van der Waals surface area contributed by atoms with Crippen molar-refractivity contribution in [2.24, 2.45) is 0 Å². The number of anilines is 1. The van der Waals surface area contributed by atoms with Gasteiger partial charge < -0.3 is 10.6 Å². The van der Waals surface area contributed by atoms with Crippen LogP contribution in [-0.4, -0.2) is 38.6 Å². The molecule has 0 aliphatic heterocycles. The largest absolute Gasteiger partial charge is 0.398 e. The maximum atomic E-state index is 12.2. The molecule has 0 fully saturated rings. The first-order valence-corrected chi connectivity index (χ1v) is 7.10. The number of nitrogens with two attached hydrogens (primary N) is 1. The van der Waals surface area contributed by atoms with Gasteiger partial charge in [-0.25, -0.2) is 8.42 Å². The highest BCUT2D eigenvalue weighted by atomic mass is 35.5. The lowest BCUT2D eigenvalue weighted by Crippen LogP contribution is -2.37. The molecule has 0 radical (unpaired) electrons. The average Bonchev–Trinajstić information content (AvgIpc) is 2.26. The minimum Gasteiger partial charge on any atom is -0.398 e. The molecule has 0 aliphatic carbocycles. The Balaban J connectivity index is 3.26. The summed E-state index contributed by atoms with van der Waals surface area (Å²) in [6, 6.07) is 4.09. The predicted octanol–water partition coefficient (Wildman–Crippen LogP) is 1.17. The van der Waals surface area contributed by atoms with Crippen LogP contribution in [0.25, 0.3) is 0 Å². The van der Waals surface area contributed by atoms with Crippen LogP contribution in [0.5, 0.6) is 0 Å². The molecule has 0 saturated carbocycles. The van der Waals surface area contributed by atoms with E-state index in [1.54, 1.807) is 0 Å². The van der Waals surface area contributed by atoms with E-state index in [0.717, 1.165) is 0 Å². The van der Waals surface area contributed by atoms with E-state index in [1.165, 1.54) is 44.1 Å². The first-order valence-electron chi connectivity index (χ1n) is 5.18. The van der Waals surface area contributed by atoms with Crippen molar-refractivity contribution in [3.05, 3.63) is 23.2 Å². The van der Waals surface area contributed by atoms with Gasteiger partial charge in [-0.3, -0.25) is 4.79 Å². The van der Waals surface area contributed by atoms with Crippen LogP contribution in [0.15, 0.2) is 23.1 Å². The number of hydrogen-bond donors (Lipinski definition) is 1. The van der Waals surface area contributed by atoms with Gasteiger partial charge in [0.05, 0.1) is 10.6 Å². The Morgan fingerprint density at radius 1 is 1.39 bits per heavy atom. The Kier molecular flexibility index (Phi) is 4.24. The Labute approximate surface area is 111 Å². The van der Waals surface area contributed by atoms with Crippen LogP contribution in [0.1, 0.15) is 6.92 Å². The van der Waals surface area contributed by atoms with Gasteiger partial charge >= 0.3 is 0 Å². The summed E-state index contributed by atoms with van der Waals surface area (Å²) < 4.78 is 24.5. The fraction of sp³-hybridized carbons (Fsp3) is 0.364. The summed E-state index contributed by atoms with van der Waals surface area (Å²) in [5.41, 5.74) is 5.68. The number of halogens is 1. The SMILES string of the molecule is CC(C(=O)N(C)C)S(=O)(=O)c1ccc(Cl)cc1N. The Morgan fingerprint density at radius 2 is 1.94 bits per heavy atom. The molecule has 1 amide bonds. The van der Waals surface area contributed by atoms with E-state index in [1.807, 2.05) is 0 Å². The van der Waals surface area contributed by atoms with Crippen LogP contribution in [0.4, 0.5) is 5.69 Å². The fourth-order valence-electron chi connectivity index (χ4n) is 1.47. The summed E-state index contributed by atoms with van der Waals surface area (Å²) in [7, 11) is -0.806. The van der Waals surface area contributed by atoms with Gasteiger partial charge in [0.15, 0.2) is 9.84 Å². The smallest absolute Gasteiger partial charge is 0.240 e. The van der Waals surface area contributed by atoms with Crippen molar-refractivity contribution >= 4 is 33.0 Å². The van der Waals surface area contributed by atoms with E-state index in [2.05, 4.69) is 0 Å². The number of carbonyl (C=O) groups is 1. The van der Waals surface area contributed by atoms with E-state index < -0.39 is 21.0 Å². The molecule has 0 aromatic heterocycles. The molecule has 1 atom stereocenters. The standard InChI is InChI=1S/C11H15ClN2O3S/c1-7(11(15)14(2)3)18(16,17)10-5-4-8(12)6-9(10)13/h4-7H,13H2,1-3H3. The molecule has 0 bridgehead atoms. The molecule has 1 aromatic rings. The molecule has 0 heterocycles. The third-order valence-electron chi connectivity index (χ3n) is 2.53. The summed E-state index contributed by atoms with van der Waals surface area (Å²) in [5, 5.41) is -0.839. The molecule has 2 N–H and O–H groups in total. The average molecular weight is 291 g/mol. The summed E-state index contributed by atoms with van der Waals surface area (Å²) in [6.45, 7) is 1.34. The lowest BCUT2D eigenvalue weighted by molar-refractivity contribution is -0.127. The second-order valence-corrected chi connectivity index (χ2v) is 6.78. The monoisotopic (exact) mass is 290 g/mol. The zero-order chi connectivity index (χ0) is 14.1. The number of hydrogen-bond acceptors (Lipinski definition) is 4. The van der Waals surface area contributed by atoms with Crippen molar-refractivity contribution in [2.45, 2.75) is 17.1 Å². The first-order chi connectivity index (χ1) is 8.17. The second kappa shape index (κ2) is 5.16. The second-order valence-electron chi connectivity index (χ2n) is 4.10. The zero-order valence-electron chi connectivity index (χ0n) is 10.3. The molecular formula is C11H15ClN2O3S. The van der Waals surface area contributed by atoms with E-state index in [9.17, 15) is 13.2 Å². The maximum absolute atomic E-state index is 12.2. The van der Waals surface area contributed by atoms with Crippen molar-refractivity contribution in [1.29, 1.82) is 0 Å². The van der Waals surface area contributed by atoms with Crippen LogP contribution < -0.4 is 5.73 Å². The molecule has 0 saturated heterocycles. The third kappa shape index (κ3) is 2.76. The van der Waals surface area contributed by atoms with Gasteiger partial charge in [0.1, 0.15) is 5.25 Å². The van der Waals surface area contributed by atoms with Gasteiger partial charge in [0.25, 0.3) is 0 Å². The molecular weight excluding hydrogens is 276 g/mol. The zero-order valence-corrected chi connectivity index (χ0v) is 11.9. The van der Waals surface area contributed by atoms with E-state index in [0.29, 0.717) is 5.02 Å². The van der Waals surface area contributed by atoms with Crippen LogP contribution >= 0.6 is 11.6 Å². The lowest BCUT2D eigenvalue weighted by Gasteiger charge is -2.18. The van der Waals surface area contributed by atoms with Crippen LogP contribution in [0.3, 0.4) is 0 Å². The van der Waals surface area contributed by atoms with Gasteiger partial charge in [-0.15, -0.1) is 0 Å². The number of nitrogens with zero attached hydrogens (tertiary/aromatic N) is 1. The minimum atomic E-state index is -3.81.